The lowest BCUT2D eigenvalue weighted by atomic mass is 9.93. The van der Waals surface area contributed by atoms with Crippen molar-refractivity contribution in [2.24, 2.45) is 0 Å². The van der Waals surface area contributed by atoms with E-state index in [4.69, 9.17) is 0 Å². The molecule has 2 aromatic rings. The summed E-state index contributed by atoms with van der Waals surface area (Å²) in [7, 11) is 0. The molecule has 0 aliphatic heterocycles. The molecular formula is C17H17F3N2O. The average Bonchev–Trinajstić information content (AvgIpc) is 3.07. The summed E-state index contributed by atoms with van der Waals surface area (Å²) >= 11 is 0. The van der Waals surface area contributed by atoms with Crippen LogP contribution in [0, 0.1) is 0 Å². The molecule has 1 aromatic carbocycles. The van der Waals surface area contributed by atoms with Crippen LogP contribution >= 0.6 is 0 Å². The molecular weight excluding hydrogens is 305 g/mol. The predicted molar refractivity (Wildman–Crippen MR) is 78.3 cm³/mol. The number of ether oxygens (including phenoxy) is 1. The molecule has 0 radical (unpaired) electrons. The largest absolute Gasteiger partial charge is 0.573 e. The summed E-state index contributed by atoms with van der Waals surface area (Å²) in [5.41, 5.74) is 1.78. The third-order valence-electron chi connectivity index (χ3n) is 4.84. The van der Waals surface area contributed by atoms with Gasteiger partial charge < -0.3 is 4.74 Å². The van der Waals surface area contributed by atoms with Gasteiger partial charge in [0.2, 0.25) is 0 Å². The minimum Gasteiger partial charge on any atom is -0.405 e. The normalized spacial score (nSPS) is 24.3. The molecule has 0 saturated heterocycles. The first-order valence-corrected chi connectivity index (χ1v) is 7.91. The highest BCUT2D eigenvalue weighted by atomic mass is 19.4. The van der Waals surface area contributed by atoms with E-state index in [0.717, 1.165) is 25.0 Å². The summed E-state index contributed by atoms with van der Waals surface area (Å²) in [6.45, 7) is 0. The third-order valence-corrected chi connectivity index (χ3v) is 4.84. The molecule has 122 valence electrons. The molecule has 4 rings (SSSR count). The number of hydrogen-bond acceptors (Lipinski definition) is 2. The van der Waals surface area contributed by atoms with Crippen molar-refractivity contribution in [2.75, 3.05) is 0 Å². The Bertz CT molecular complexity index is 706. The first-order valence-electron chi connectivity index (χ1n) is 7.91. The van der Waals surface area contributed by atoms with Gasteiger partial charge in [-0.3, -0.25) is 4.68 Å². The van der Waals surface area contributed by atoms with Crippen LogP contribution < -0.4 is 4.74 Å². The Kier molecular flexibility index (Phi) is 3.36. The van der Waals surface area contributed by atoms with Gasteiger partial charge in [-0.1, -0.05) is 18.2 Å². The van der Waals surface area contributed by atoms with E-state index in [2.05, 4.69) is 14.5 Å². The molecule has 0 amide bonds. The molecule has 3 nitrogen and oxygen atoms in total. The van der Waals surface area contributed by atoms with Crippen molar-refractivity contribution in [3.05, 3.63) is 47.8 Å². The van der Waals surface area contributed by atoms with Crippen molar-refractivity contribution in [3.63, 3.8) is 0 Å². The fraction of sp³-hybridized carbons (Fsp3) is 0.471. The lowest BCUT2D eigenvalue weighted by Crippen LogP contribution is -2.20. The van der Waals surface area contributed by atoms with Gasteiger partial charge in [0.1, 0.15) is 5.75 Å². The Hall–Kier alpha value is -1.98. The maximum absolute atomic E-state index is 12.6. The van der Waals surface area contributed by atoms with Crippen LogP contribution in [0.1, 0.15) is 54.8 Å². The van der Waals surface area contributed by atoms with E-state index < -0.39 is 6.36 Å². The second kappa shape index (κ2) is 5.28. The molecule has 23 heavy (non-hydrogen) atoms. The van der Waals surface area contributed by atoms with E-state index >= 15 is 0 Å². The van der Waals surface area contributed by atoms with E-state index in [-0.39, 0.29) is 17.6 Å². The highest BCUT2D eigenvalue weighted by molar-refractivity contribution is 5.43. The van der Waals surface area contributed by atoms with Gasteiger partial charge in [-0.05, 0) is 49.3 Å². The van der Waals surface area contributed by atoms with E-state index in [1.54, 1.807) is 24.4 Å². The van der Waals surface area contributed by atoms with E-state index in [9.17, 15) is 13.2 Å². The number of para-hydroxylation sites is 1. The molecule has 2 unspecified atom stereocenters. The van der Waals surface area contributed by atoms with Crippen LogP contribution in [-0.4, -0.2) is 16.1 Å². The van der Waals surface area contributed by atoms with Gasteiger partial charge in [-0.2, -0.15) is 5.10 Å². The second-order valence-electron chi connectivity index (χ2n) is 6.32. The lowest BCUT2D eigenvalue weighted by Gasteiger charge is -2.27. The molecule has 2 fully saturated rings. The Morgan fingerprint density at radius 1 is 1.09 bits per heavy atom. The minimum atomic E-state index is -4.66. The maximum Gasteiger partial charge on any atom is 0.573 e. The van der Waals surface area contributed by atoms with Crippen molar-refractivity contribution in [3.8, 4) is 5.75 Å². The zero-order chi connectivity index (χ0) is 16.0. The number of benzene rings is 1. The van der Waals surface area contributed by atoms with Crippen LogP contribution in [0.15, 0.2) is 36.5 Å². The van der Waals surface area contributed by atoms with Gasteiger partial charge in [-0.15, -0.1) is 13.2 Å². The van der Waals surface area contributed by atoms with Crippen molar-refractivity contribution in [2.45, 2.75) is 49.9 Å². The molecule has 2 atom stereocenters. The van der Waals surface area contributed by atoms with Crippen LogP contribution in [0.3, 0.4) is 0 Å². The van der Waals surface area contributed by atoms with Crippen molar-refractivity contribution >= 4 is 0 Å². The standard InChI is InChI=1S/C17H17F3N2O/c18-17(19,20)23-16-7-2-1-6-12(16)13-10-14(13)15-8-9-21-22(15)11-4-3-5-11/h1-2,6-9,11,13-14H,3-5,10H2. The van der Waals surface area contributed by atoms with Crippen molar-refractivity contribution in [1.82, 2.24) is 9.78 Å². The number of hydrogen-bond donors (Lipinski definition) is 0. The first kappa shape index (κ1) is 14.6. The highest BCUT2D eigenvalue weighted by Gasteiger charge is 2.45. The maximum atomic E-state index is 12.6. The number of nitrogens with zero attached hydrogens (tertiary/aromatic N) is 2. The van der Waals surface area contributed by atoms with Crippen LogP contribution in [0.4, 0.5) is 13.2 Å². The van der Waals surface area contributed by atoms with Crippen LogP contribution in [0.25, 0.3) is 0 Å². The van der Waals surface area contributed by atoms with Crippen molar-refractivity contribution < 1.29 is 17.9 Å². The van der Waals surface area contributed by atoms with Gasteiger partial charge in [0, 0.05) is 17.8 Å². The fourth-order valence-electron chi connectivity index (χ4n) is 3.42. The predicted octanol–water partition coefficient (Wildman–Crippen LogP) is 4.78. The monoisotopic (exact) mass is 322 g/mol. The van der Waals surface area contributed by atoms with Crippen LogP contribution in [-0.2, 0) is 0 Å². The Balaban J connectivity index is 1.57. The first-order chi connectivity index (χ1) is 11.0. The minimum absolute atomic E-state index is 0.0732. The smallest absolute Gasteiger partial charge is 0.405 e. The Morgan fingerprint density at radius 2 is 1.87 bits per heavy atom. The van der Waals surface area contributed by atoms with E-state index in [0.29, 0.717) is 11.6 Å². The summed E-state index contributed by atoms with van der Waals surface area (Å²) in [6.07, 6.45) is 1.48. The summed E-state index contributed by atoms with van der Waals surface area (Å²) in [4.78, 5) is 0. The topological polar surface area (TPSA) is 27.1 Å². The van der Waals surface area contributed by atoms with E-state index in [1.165, 1.54) is 12.5 Å². The lowest BCUT2D eigenvalue weighted by molar-refractivity contribution is -0.274. The summed E-state index contributed by atoms with van der Waals surface area (Å²) in [6, 6.07) is 8.91. The molecule has 1 heterocycles. The Morgan fingerprint density at radius 3 is 2.57 bits per heavy atom. The van der Waals surface area contributed by atoms with Gasteiger partial charge in [-0.25, -0.2) is 0 Å². The molecule has 0 spiro atoms. The zero-order valence-corrected chi connectivity index (χ0v) is 12.5. The molecule has 1 aromatic heterocycles. The molecule has 2 aliphatic rings. The number of aromatic nitrogens is 2. The Labute approximate surface area is 132 Å². The molecule has 0 bridgehead atoms. The van der Waals surface area contributed by atoms with Gasteiger partial charge in [0.15, 0.2) is 0 Å². The molecule has 2 saturated carbocycles. The van der Waals surface area contributed by atoms with Crippen LogP contribution in [0.5, 0.6) is 5.75 Å². The average molecular weight is 322 g/mol. The van der Waals surface area contributed by atoms with Crippen molar-refractivity contribution in [1.29, 1.82) is 0 Å². The number of rotatable bonds is 4. The third kappa shape index (κ3) is 2.82. The van der Waals surface area contributed by atoms with Gasteiger partial charge in [0.05, 0.1) is 6.04 Å². The van der Waals surface area contributed by atoms with Gasteiger partial charge in [0.25, 0.3) is 0 Å². The summed E-state index contributed by atoms with van der Waals surface area (Å²) in [5.74, 6) is 0.224. The van der Waals surface area contributed by atoms with Gasteiger partial charge >= 0.3 is 6.36 Å². The number of alkyl halides is 3. The quantitative estimate of drug-likeness (QED) is 0.810. The molecule has 2 aliphatic carbocycles. The number of halogens is 3. The molecule has 0 N–H and O–H groups in total. The summed E-state index contributed by atoms with van der Waals surface area (Å²) in [5, 5.41) is 4.41. The molecule has 6 heteroatoms. The fourth-order valence-corrected chi connectivity index (χ4v) is 3.42. The SMILES string of the molecule is FC(F)(F)Oc1ccccc1C1CC1c1ccnn1C1CCC1. The van der Waals surface area contributed by atoms with E-state index in [1.807, 2.05) is 6.07 Å². The zero-order valence-electron chi connectivity index (χ0n) is 12.5. The highest BCUT2D eigenvalue weighted by Crippen LogP contribution is 2.57. The summed E-state index contributed by atoms with van der Waals surface area (Å²) < 4.78 is 43.9. The van der Waals surface area contributed by atoms with Crippen LogP contribution in [0.2, 0.25) is 0 Å². The second-order valence-corrected chi connectivity index (χ2v) is 6.32.